The van der Waals surface area contributed by atoms with Crippen LogP contribution >= 0.6 is 0 Å². The lowest BCUT2D eigenvalue weighted by atomic mass is 9.43. The molecule has 1 unspecified atom stereocenters. The lowest BCUT2D eigenvalue weighted by Crippen LogP contribution is -2.65. The predicted octanol–water partition coefficient (Wildman–Crippen LogP) is 1.76. The Hall–Kier alpha value is -0.0151. The van der Waals surface area contributed by atoms with Crippen molar-refractivity contribution in [1.82, 2.24) is 0 Å². The van der Waals surface area contributed by atoms with Crippen LogP contribution in [0.5, 0.6) is 0 Å². The lowest BCUT2D eigenvalue weighted by molar-refractivity contribution is -0.199. The van der Waals surface area contributed by atoms with Gasteiger partial charge < -0.3 is 9.31 Å². The molecule has 2 bridgehead atoms. The topological polar surface area (TPSA) is 18.5 Å². The Bertz CT molecular complexity index is 253. The highest BCUT2D eigenvalue weighted by atomic mass is 16.6. The normalized spacial score (nSPS) is 56.4. The molecule has 4 aliphatic rings. The molecule has 0 spiro atoms. The Morgan fingerprint density at radius 2 is 2.00 bits per heavy atom. The van der Waals surface area contributed by atoms with E-state index in [1.807, 2.05) is 0 Å². The molecule has 1 saturated heterocycles. The van der Waals surface area contributed by atoms with Crippen LogP contribution in [0.3, 0.4) is 0 Å². The van der Waals surface area contributed by atoms with E-state index < -0.39 is 0 Å². The summed E-state index contributed by atoms with van der Waals surface area (Å²) >= 11 is 0. The van der Waals surface area contributed by atoms with Crippen molar-refractivity contribution >= 4 is 7.69 Å². The van der Waals surface area contributed by atoms with Gasteiger partial charge in [0.25, 0.3) is 0 Å². The van der Waals surface area contributed by atoms with Gasteiger partial charge in [-0.1, -0.05) is 13.8 Å². The molecule has 0 N–H and O–H groups in total. The van der Waals surface area contributed by atoms with E-state index >= 15 is 0 Å². The largest absolute Gasteiger partial charge is 0.488 e. The highest BCUT2D eigenvalue weighted by Crippen LogP contribution is 2.65. The van der Waals surface area contributed by atoms with Crippen LogP contribution in [0.2, 0.25) is 0 Å². The molecule has 1 radical (unpaired) electrons. The number of hydrogen-bond donors (Lipinski definition) is 0. The molecule has 13 heavy (non-hydrogen) atoms. The monoisotopic (exact) mass is 179 g/mol. The van der Waals surface area contributed by atoms with Crippen LogP contribution in [-0.2, 0) is 9.31 Å². The molecular formula is C10H16BO2. The van der Waals surface area contributed by atoms with Gasteiger partial charge in [-0.3, -0.25) is 0 Å². The van der Waals surface area contributed by atoms with Gasteiger partial charge >= 0.3 is 7.69 Å². The summed E-state index contributed by atoms with van der Waals surface area (Å²) in [7, 11) is 1.56. The Kier molecular flexibility index (Phi) is 1.37. The molecule has 4 atom stereocenters. The zero-order valence-corrected chi connectivity index (χ0v) is 8.54. The first-order chi connectivity index (χ1) is 6.05. The zero-order valence-electron chi connectivity index (χ0n) is 8.54. The van der Waals surface area contributed by atoms with Gasteiger partial charge in [0, 0.05) is 0 Å². The van der Waals surface area contributed by atoms with E-state index in [0.29, 0.717) is 17.4 Å². The average molecular weight is 179 g/mol. The molecule has 71 valence electrons. The fourth-order valence-corrected chi connectivity index (χ4v) is 3.65. The van der Waals surface area contributed by atoms with E-state index in [0.717, 1.165) is 5.92 Å². The van der Waals surface area contributed by atoms with Gasteiger partial charge in [-0.2, -0.15) is 0 Å². The van der Waals surface area contributed by atoms with Crippen molar-refractivity contribution in [3.05, 3.63) is 0 Å². The first kappa shape index (κ1) is 8.31. The second-order valence-corrected chi connectivity index (χ2v) is 5.56. The molecule has 2 nitrogen and oxygen atoms in total. The van der Waals surface area contributed by atoms with Crippen molar-refractivity contribution < 1.29 is 9.31 Å². The van der Waals surface area contributed by atoms with Gasteiger partial charge in [-0.15, -0.1) is 0 Å². The summed E-state index contributed by atoms with van der Waals surface area (Å²) in [5, 5.41) is 0. The summed E-state index contributed by atoms with van der Waals surface area (Å²) in [5.41, 5.74) is 0.436. The fraction of sp³-hybridized carbons (Fsp3) is 1.00. The smallest absolute Gasteiger partial charge is 0.407 e. The van der Waals surface area contributed by atoms with Crippen molar-refractivity contribution in [2.45, 2.75) is 45.3 Å². The molecule has 3 heteroatoms. The lowest BCUT2D eigenvalue weighted by Gasteiger charge is -2.64. The van der Waals surface area contributed by atoms with Gasteiger partial charge in [0.05, 0.1) is 11.7 Å². The van der Waals surface area contributed by atoms with Crippen LogP contribution in [0, 0.1) is 17.3 Å². The Morgan fingerprint density at radius 3 is 2.69 bits per heavy atom. The zero-order chi connectivity index (χ0) is 9.27. The molecular weight excluding hydrogens is 163 g/mol. The van der Waals surface area contributed by atoms with Gasteiger partial charge in [0.1, 0.15) is 0 Å². The van der Waals surface area contributed by atoms with E-state index in [2.05, 4.69) is 20.8 Å². The van der Waals surface area contributed by atoms with Crippen LogP contribution in [0.4, 0.5) is 0 Å². The Labute approximate surface area is 80.3 Å². The van der Waals surface area contributed by atoms with Crippen molar-refractivity contribution in [3.63, 3.8) is 0 Å². The van der Waals surface area contributed by atoms with Crippen molar-refractivity contribution in [2.24, 2.45) is 17.3 Å². The summed E-state index contributed by atoms with van der Waals surface area (Å²) < 4.78 is 11.2. The van der Waals surface area contributed by atoms with Crippen LogP contribution in [0.15, 0.2) is 0 Å². The molecule has 3 aliphatic carbocycles. The van der Waals surface area contributed by atoms with Gasteiger partial charge in [0.2, 0.25) is 0 Å². The molecule has 4 fully saturated rings. The number of hydrogen-bond acceptors (Lipinski definition) is 2. The van der Waals surface area contributed by atoms with E-state index in [4.69, 9.17) is 9.31 Å². The first-order valence-electron chi connectivity index (χ1n) is 5.20. The van der Waals surface area contributed by atoms with Crippen LogP contribution in [0.25, 0.3) is 0 Å². The quantitative estimate of drug-likeness (QED) is 0.527. The highest BCUT2D eigenvalue weighted by Gasteiger charge is 2.65. The van der Waals surface area contributed by atoms with E-state index in [1.165, 1.54) is 12.8 Å². The Morgan fingerprint density at radius 1 is 1.23 bits per heavy atom. The molecule has 3 saturated carbocycles. The molecule has 1 heterocycles. The SMILES string of the molecule is CC1(C)[C@@H]2CC3O[B]O[C@@]3(C)[C@H]1C2. The average Bonchev–Trinajstić information content (AvgIpc) is 2.44. The van der Waals surface area contributed by atoms with Crippen molar-refractivity contribution in [2.75, 3.05) is 0 Å². The van der Waals surface area contributed by atoms with Gasteiger partial charge in [-0.05, 0) is 37.0 Å². The van der Waals surface area contributed by atoms with Crippen molar-refractivity contribution in [3.8, 4) is 0 Å². The third kappa shape index (κ3) is 0.786. The molecule has 4 rings (SSSR count). The predicted molar refractivity (Wildman–Crippen MR) is 50.1 cm³/mol. The van der Waals surface area contributed by atoms with Crippen LogP contribution in [-0.4, -0.2) is 19.4 Å². The molecule has 0 amide bonds. The third-order valence-corrected chi connectivity index (χ3v) is 4.82. The summed E-state index contributed by atoms with van der Waals surface area (Å²) in [6, 6.07) is 0. The van der Waals surface area contributed by atoms with E-state index in [-0.39, 0.29) is 5.60 Å². The third-order valence-electron chi connectivity index (χ3n) is 4.82. The fourth-order valence-electron chi connectivity index (χ4n) is 3.65. The second-order valence-electron chi connectivity index (χ2n) is 5.56. The number of rotatable bonds is 0. The molecule has 0 aromatic carbocycles. The molecule has 0 aromatic rings. The first-order valence-corrected chi connectivity index (χ1v) is 5.20. The summed E-state index contributed by atoms with van der Waals surface area (Å²) in [6.07, 6.45) is 2.83. The van der Waals surface area contributed by atoms with Crippen LogP contribution < -0.4 is 0 Å². The summed E-state index contributed by atoms with van der Waals surface area (Å²) in [5.74, 6) is 1.54. The van der Waals surface area contributed by atoms with Gasteiger partial charge in [-0.25, -0.2) is 0 Å². The minimum atomic E-state index is -0.0295. The van der Waals surface area contributed by atoms with Crippen LogP contribution in [0.1, 0.15) is 33.6 Å². The minimum absolute atomic E-state index is 0.0295. The maximum Gasteiger partial charge on any atom is 0.488 e. The summed E-state index contributed by atoms with van der Waals surface area (Å²) in [4.78, 5) is 0. The highest BCUT2D eigenvalue weighted by molar-refractivity contribution is 6.19. The summed E-state index contributed by atoms with van der Waals surface area (Å²) in [6.45, 7) is 6.95. The molecule has 0 aromatic heterocycles. The van der Waals surface area contributed by atoms with E-state index in [9.17, 15) is 0 Å². The van der Waals surface area contributed by atoms with Crippen molar-refractivity contribution in [1.29, 1.82) is 0 Å². The maximum atomic E-state index is 5.68. The van der Waals surface area contributed by atoms with Gasteiger partial charge in [0.15, 0.2) is 0 Å². The van der Waals surface area contributed by atoms with E-state index in [1.54, 1.807) is 7.69 Å². The minimum Gasteiger partial charge on any atom is -0.407 e. The second kappa shape index (κ2) is 2.14. The molecule has 1 aliphatic heterocycles. The standard InChI is InChI=1S/C10H16BO2/c1-9(2)6-4-7(9)10(3)8(5-6)12-11-13-10/h6-8H,4-5H2,1-3H3/t6-,7-,8?,10-/m0/s1. The maximum absolute atomic E-state index is 5.68. The Balaban J connectivity index is 1.97.